The van der Waals surface area contributed by atoms with Crippen molar-refractivity contribution in [3.8, 4) is 11.4 Å². The zero-order chi connectivity index (χ0) is 16.4. The molecule has 0 aromatic carbocycles. The van der Waals surface area contributed by atoms with Gasteiger partial charge < -0.3 is 4.52 Å². The first-order valence-electron chi connectivity index (χ1n) is 7.24. The van der Waals surface area contributed by atoms with E-state index in [1.165, 1.54) is 18.3 Å². The molecule has 1 aliphatic carbocycles. The van der Waals surface area contributed by atoms with E-state index in [-0.39, 0.29) is 28.4 Å². The number of rotatable bonds is 5. The molecule has 0 saturated heterocycles. The topological polar surface area (TPSA) is 86.0 Å². The first kappa shape index (κ1) is 16.0. The minimum absolute atomic E-state index is 0.00448. The van der Waals surface area contributed by atoms with Gasteiger partial charge in [-0.15, -0.1) is 0 Å². The van der Waals surface area contributed by atoms with Crippen LogP contribution in [0.15, 0.2) is 22.9 Å². The van der Waals surface area contributed by atoms with Gasteiger partial charge in [-0.05, 0) is 25.0 Å². The van der Waals surface area contributed by atoms with Crippen LogP contribution in [0.4, 0.5) is 8.78 Å². The summed E-state index contributed by atoms with van der Waals surface area (Å²) in [6, 6.07) is 2.57. The molecule has 0 atom stereocenters. The third-order valence-corrected chi connectivity index (χ3v) is 6.01. The molecule has 2 aromatic heterocycles. The van der Waals surface area contributed by atoms with Crippen LogP contribution in [0.25, 0.3) is 11.4 Å². The van der Waals surface area contributed by atoms with E-state index < -0.39 is 16.3 Å². The number of halogens is 2. The van der Waals surface area contributed by atoms with Gasteiger partial charge in [-0.25, -0.2) is 17.2 Å². The monoisotopic (exact) mass is 343 g/mol. The Labute approximate surface area is 131 Å². The van der Waals surface area contributed by atoms with E-state index in [4.69, 9.17) is 4.52 Å². The first-order valence-corrected chi connectivity index (χ1v) is 8.96. The van der Waals surface area contributed by atoms with E-state index in [9.17, 15) is 17.2 Å². The maximum absolute atomic E-state index is 12.5. The molecule has 0 amide bonds. The van der Waals surface area contributed by atoms with Crippen LogP contribution in [-0.4, -0.2) is 28.8 Å². The molecule has 0 bridgehead atoms. The van der Waals surface area contributed by atoms with Crippen molar-refractivity contribution in [3.05, 3.63) is 29.9 Å². The van der Waals surface area contributed by atoms with Crippen molar-refractivity contribution < 1.29 is 21.7 Å². The van der Waals surface area contributed by atoms with Crippen LogP contribution < -0.4 is 0 Å². The van der Waals surface area contributed by atoms with Gasteiger partial charge in [0.05, 0.1) is 5.25 Å². The Bertz CT molecular complexity index is 769. The Morgan fingerprint density at radius 2 is 2.00 bits per heavy atom. The van der Waals surface area contributed by atoms with Crippen molar-refractivity contribution in [1.82, 2.24) is 15.1 Å². The summed E-state index contributed by atoms with van der Waals surface area (Å²) in [5.41, 5.74) is 0.0453. The molecule has 9 heteroatoms. The van der Waals surface area contributed by atoms with E-state index in [0.29, 0.717) is 18.4 Å². The van der Waals surface area contributed by atoms with Crippen LogP contribution in [0.5, 0.6) is 0 Å². The summed E-state index contributed by atoms with van der Waals surface area (Å²) in [5, 5.41) is 3.35. The second-order valence-electron chi connectivity index (χ2n) is 5.50. The van der Waals surface area contributed by atoms with Crippen molar-refractivity contribution in [3.63, 3.8) is 0 Å². The molecule has 0 radical (unpaired) electrons. The van der Waals surface area contributed by atoms with Gasteiger partial charge in [-0.3, -0.25) is 4.98 Å². The Hall–Kier alpha value is -1.90. The fourth-order valence-electron chi connectivity index (χ4n) is 2.63. The van der Waals surface area contributed by atoms with Gasteiger partial charge in [-0.1, -0.05) is 18.0 Å². The van der Waals surface area contributed by atoms with Crippen LogP contribution in [0, 0.1) is 0 Å². The van der Waals surface area contributed by atoms with Gasteiger partial charge in [0.25, 0.3) is 6.43 Å². The summed E-state index contributed by atoms with van der Waals surface area (Å²) in [5.74, 6) is -0.160. The second-order valence-corrected chi connectivity index (χ2v) is 7.78. The molecule has 0 spiro atoms. The molecule has 124 valence electrons. The maximum Gasteiger partial charge on any atom is 0.280 e. The molecule has 1 aliphatic rings. The van der Waals surface area contributed by atoms with E-state index in [1.54, 1.807) is 0 Å². The minimum Gasteiger partial charge on any atom is -0.338 e. The molecule has 6 nitrogen and oxygen atoms in total. The normalized spacial score (nSPS) is 16.3. The molecule has 0 N–H and O–H groups in total. The zero-order valence-electron chi connectivity index (χ0n) is 12.2. The Morgan fingerprint density at radius 3 is 2.61 bits per heavy atom. The smallest absolute Gasteiger partial charge is 0.280 e. The summed E-state index contributed by atoms with van der Waals surface area (Å²) >= 11 is 0. The van der Waals surface area contributed by atoms with Crippen LogP contribution in [0.3, 0.4) is 0 Å². The highest BCUT2D eigenvalue weighted by atomic mass is 32.2. The fourth-order valence-corrected chi connectivity index (χ4v) is 4.38. The van der Waals surface area contributed by atoms with Crippen molar-refractivity contribution in [2.24, 2.45) is 0 Å². The number of sulfone groups is 1. The van der Waals surface area contributed by atoms with Crippen LogP contribution >= 0.6 is 0 Å². The van der Waals surface area contributed by atoms with Gasteiger partial charge in [0, 0.05) is 11.8 Å². The number of aromatic nitrogens is 3. The molecule has 1 fully saturated rings. The van der Waals surface area contributed by atoms with Gasteiger partial charge in [0.2, 0.25) is 11.7 Å². The van der Waals surface area contributed by atoms with Gasteiger partial charge in [0.1, 0.15) is 11.4 Å². The summed E-state index contributed by atoms with van der Waals surface area (Å²) in [7, 11) is -3.31. The summed E-state index contributed by atoms with van der Waals surface area (Å²) < 4.78 is 54.4. The molecule has 0 aliphatic heterocycles. The number of pyridine rings is 1. The third-order valence-electron chi connectivity index (χ3n) is 3.87. The fraction of sp³-hybridized carbons (Fsp3) is 0.500. The molecule has 23 heavy (non-hydrogen) atoms. The average Bonchev–Trinajstić information content (AvgIpc) is 3.18. The highest BCUT2D eigenvalue weighted by molar-refractivity contribution is 7.91. The number of nitrogens with zero attached hydrogens (tertiary/aromatic N) is 3. The highest BCUT2D eigenvalue weighted by Gasteiger charge is 2.30. The minimum atomic E-state index is -3.31. The van der Waals surface area contributed by atoms with Gasteiger partial charge >= 0.3 is 0 Å². The lowest BCUT2D eigenvalue weighted by atomic mass is 10.2. The SMILES string of the molecule is O=S(=O)(Cc1nc(-c2ccc(C(F)F)nc2)no1)C1CCCC1. The summed E-state index contributed by atoms with van der Waals surface area (Å²) in [6.45, 7) is 0. The van der Waals surface area contributed by atoms with E-state index in [0.717, 1.165) is 12.8 Å². The van der Waals surface area contributed by atoms with Crippen molar-refractivity contribution in [1.29, 1.82) is 0 Å². The number of alkyl halides is 2. The van der Waals surface area contributed by atoms with Gasteiger partial charge in [0.15, 0.2) is 9.84 Å². The molecular weight excluding hydrogens is 328 g/mol. The van der Waals surface area contributed by atoms with Gasteiger partial charge in [-0.2, -0.15) is 4.98 Å². The quantitative estimate of drug-likeness (QED) is 0.830. The Kier molecular flexibility index (Phi) is 4.38. The Balaban J connectivity index is 1.75. The summed E-state index contributed by atoms with van der Waals surface area (Å²) in [4.78, 5) is 7.64. The molecule has 3 rings (SSSR count). The Morgan fingerprint density at radius 1 is 1.26 bits per heavy atom. The molecule has 2 aromatic rings. The predicted octanol–water partition coefficient (Wildman–Crippen LogP) is 2.93. The maximum atomic E-state index is 12.5. The summed E-state index contributed by atoms with van der Waals surface area (Å²) in [6.07, 6.45) is 1.73. The lowest BCUT2D eigenvalue weighted by Gasteiger charge is -2.07. The molecule has 1 saturated carbocycles. The van der Waals surface area contributed by atoms with Crippen molar-refractivity contribution in [2.45, 2.75) is 43.1 Å². The molecule has 2 heterocycles. The standard InChI is InChI=1S/C14H15F2N3O3S/c15-13(16)11-6-5-9(7-17-11)14-18-12(22-19-14)8-23(20,21)10-3-1-2-4-10/h5-7,10,13H,1-4,8H2. The largest absolute Gasteiger partial charge is 0.338 e. The van der Waals surface area contributed by atoms with E-state index >= 15 is 0 Å². The zero-order valence-corrected chi connectivity index (χ0v) is 13.0. The van der Waals surface area contributed by atoms with Crippen molar-refractivity contribution in [2.75, 3.05) is 0 Å². The van der Waals surface area contributed by atoms with Crippen molar-refractivity contribution >= 4 is 9.84 Å². The average molecular weight is 343 g/mol. The van der Waals surface area contributed by atoms with Crippen LogP contribution in [0.1, 0.15) is 43.7 Å². The lowest BCUT2D eigenvalue weighted by Crippen LogP contribution is -2.19. The van der Waals surface area contributed by atoms with Crippen LogP contribution in [-0.2, 0) is 15.6 Å². The predicted molar refractivity (Wildman–Crippen MR) is 77.4 cm³/mol. The second kappa shape index (κ2) is 6.31. The van der Waals surface area contributed by atoms with E-state index in [2.05, 4.69) is 15.1 Å². The van der Waals surface area contributed by atoms with Crippen LogP contribution in [0.2, 0.25) is 0 Å². The highest BCUT2D eigenvalue weighted by Crippen LogP contribution is 2.27. The lowest BCUT2D eigenvalue weighted by molar-refractivity contribution is 0.146. The molecular formula is C14H15F2N3O3S. The van der Waals surface area contributed by atoms with E-state index in [1.807, 2.05) is 0 Å². The first-order chi connectivity index (χ1) is 11.0. The third kappa shape index (κ3) is 3.54. The number of hydrogen-bond acceptors (Lipinski definition) is 6. The number of hydrogen-bond donors (Lipinski definition) is 0. The molecule has 0 unspecified atom stereocenters.